The first-order valence-electron chi connectivity index (χ1n) is 7.26. The summed E-state index contributed by atoms with van der Waals surface area (Å²) in [6, 6.07) is 13.5. The summed E-state index contributed by atoms with van der Waals surface area (Å²) in [6.45, 7) is 3.90. The standard InChI is InChI=1S/C17H21NO4S/c1-13-4-10-17(11-5-13)23(19,20)18-14(2)12-22-16-8-6-15(21-3)7-9-16/h4-11,14,18H,12H2,1-3H3. The maximum absolute atomic E-state index is 12.3. The molecule has 6 heteroatoms. The second kappa shape index (κ2) is 7.48. The van der Waals surface area contributed by atoms with E-state index in [1.807, 2.05) is 6.92 Å². The van der Waals surface area contributed by atoms with E-state index in [1.165, 1.54) is 0 Å². The van der Waals surface area contributed by atoms with Crippen molar-refractivity contribution in [3.05, 3.63) is 54.1 Å². The summed E-state index contributed by atoms with van der Waals surface area (Å²) in [5, 5.41) is 0. The van der Waals surface area contributed by atoms with Gasteiger partial charge in [-0.2, -0.15) is 0 Å². The zero-order valence-electron chi connectivity index (χ0n) is 13.4. The molecule has 1 atom stereocenters. The van der Waals surface area contributed by atoms with Crippen LogP contribution in [0.5, 0.6) is 11.5 Å². The summed E-state index contributed by atoms with van der Waals surface area (Å²) in [6.07, 6.45) is 0. The van der Waals surface area contributed by atoms with Gasteiger partial charge in [-0.25, -0.2) is 13.1 Å². The van der Waals surface area contributed by atoms with E-state index < -0.39 is 10.0 Å². The number of ether oxygens (including phenoxy) is 2. The van der Waals surface area contributed by atoms with Crippen LogP contribution in [0.15, 0.2) is 53.4 Å². The molecule has 5 nitrogen and oxygen atoms in total. The van der Waals surface area contributed by atoms with E-state index in [1.54, 1.807) is 62.6 Å². The summed E-state index contributed by atoms with van der Waals surface area (Å²) in [5.74, 6) is 1.40. The predicted molar refractivity (Wildman–Crippen MR) is 89.5 cm³/mol. The molecule has 0 radical (unpaired) electrons. The smallest absolute Gasteiger partial charge is 0.240 e. The van der Waals surface area contributed by atoms with Crippen molar-refractivity contribution < 1.29 is 17.9 Å². The van der Waals surface area contributed by atoms with Crippen LogP contribution in [0.25, 0.3) is 0 Å². The van der Waals surface area contributed by atoms with Crippen LogP contribution in [-0.4, -0.2) is 28.2 Å². The first kappa shape index (κ1) is 17.3. The summed E-state index contributed by atoms with van der Waals surface area (Å²) in [5.41, 5.74) is 1.01. The van der Waals surface area contributed by atoms with Crippen molar-refractivity contribution >= 4 is 10.0 Å². The lowest BCUT2D eigenvalue weighted by molar-refractivity contribution is 0.287. The SMILES string of the molecule is COc1ccc(OCC(C)NS(=O)(=O)c2ccc(C)cc2)cc1. The predicted octanol–water partition coefficient (Wildman–Crippen LogP) is 2.75. The van der Waals surface area contributed by atoms with Gasteiger partial charge in [-0.05, 0) is 50.2 Å². The quantitative estimate of drug-likeness (QED) is 0.845. The maximum atomic E-state index is 12.3. The molecule has 0 fully saturated rings. The summed E-state index contributed by atoms with van der Waals surface area (Å²) in [7, 11) is -1.95. The van der Waals surface area contributed by atoms with Crippen LogP contribution in [0.4, 0.5) is 0 Å². The third-order valence-corrected chi connectivity index (χ3v) is 4.85. The minimum Gasteiger partial charge on any atom is -0.497 e. The van der Waals surface area contributed by atoms with Gasteiger partial charge in [0.15, 0.2) is 0 Å². The number of benzene rings is 2. The molecule has 0 amide bonds. The molecule has 2 aromatic rings. The van der Waals surface area contributed by atoms with E-state index >= 15 is 0 Å². The van der Waals surface area contributed by atoms with E-state index in [-0.39, 0.29) is 17.5 Å². The van der Waals surface area contributed by atoms with Gasteiger partial charge in [-0.3, -0.25) is 0 Å². The lowest BCUT2D eigenvalue weighted by Crippen LogP contribution is -2.36. The Labute approximate surface area is 137 Å². The summed E-state index contributed by atoms with van der Waals surface area (Å²) >= 11 is 0. The fourth-order valence-electron chi connectivity index (χ4n) is 1.98. The minimum absolute atomic E-state index is 0.234. The minimum atomic E-state index is -3.54. The molecule has 0 heterocycles. The molecule has 0 saturated carbocycles. The van der Waals surface area contributed by atoms with E-state index in [0.29, 0.717) is 5.75 Å². The molecule has 1 N–H and O–H groups in total. The van der Waals surface area contributed by atoms with Crippen molar-refractivity contribution in [2.45, 2.75) is 24.8 Å². The molecule has 2 aromatic carbocycles. The average molecular weight is 335 g/mol. The average Bonchev–Trinajstić information content (AvgIpc) is 2.53. The summed E-state index contributed by atoms with van der Waals surface area (Å²) < 4.78 is 37.8. The highest BCUT2D eigenvalue weighted by atomic mass is 32.2. The topological polar surface area (TPSA) is 64.6 Å². The van der Waals surface area contributed by atoms with Crippen LogP contribution < -0.4 is 14.2 Å². The van der Waals surface area contributed by atoms with Crippen LogP contribution in [0.3, 0.4) is 0 Å². The monoisotopic (exact) mass is 335 g/mol. The van der Waals surface area contributed by atoms with E-state index in [4.69, 9.17) is 9.47 Å². The van der Waals surface area contributed by atoms with Gasteiger partial charge in [0.25, 0.3) is 0 Å². The first-order valence-corrected chi connectivity index (χ1v) is 8.75. The van der Waals surface area contributed by atoms with Gasteiger partial charge in [-0.15, -0.1) is 0 Å². The van der Waals surface area contributed by atoms with Crippen LogP contribution >= 0.6 is 0 Å². The van der Waals surface area contributed by atoms with E-state index in [2.05, 4.69) is 4.72 Å². The molecule has 0 saturated heterocycles. The van der Waals surface area contributed by atoms with Crippen LogP contribution in [0, 0.1) is 6.92 Å². The maximum Gasteiger partial charge on any atom is 0.240 e. The van der Waals surface area contributed by atoms with Gasteiger partial charge in [0.2, 0.25) is 10.0 Å². The highest BCUT2D eigenvalue weighted by Gasteiger charge is 2.17. The Balaban J connectivity index is 1.92. The number of nitrogens with one attached hydrogen (secondary N) is 1. The molecule has 1 unspecified atom stereocenters. The third-order valence-electron chi connectivity index (χ3n) is 3.25. The number of hydrogen-bond acceptors (Lipinski definition) is 4. The molecule has 124 valence electrons. The Morgan fingerprint density at radius 3 is 2.13 bits per heavy atom. The Kier molecular flexibility index (Phi) is 5.63. The molecular weight excluding hydrogens is 314 g/mol. The van der Waals surface area contributed by atoms with Gasteiger partial charge in [0.05, 0.1) is 18.0 Å². The fourth-order valence-corrected chi connectivity index (χ4v) is 3.21. The summed E-state index contributed by atoms with van der Waals surface area (Å²) in [4.78, 5) is 0.249. The molecule has 0 bridgehead atoms. The fraction of sp³-hybridized carbons (Fsp3) is 0.294. The number of aryl methyl sites for hydroxylation is 1. The molecular formula is C17H21NO4S. The molecule has 0 aliphatic heterocycles. The van der Waals surface area contributed by atoms with Crippen LogP contribution in [0.2, 0.25) is 0 Å². The normalized spacial score (nSPS) is 12.7. The van der Waals surface area contributed by atoms with Crippen molar-refractivity contribution in [3.63, 3.8) is 0 Å². The Morgan fingerprint density at radius 2 is 1.57 bits per heavy atom. The van der Waals surface area contributed by atoms with Gasteiger partial charge in [0, 0.05) is 0 Å². The highest BCUT2D eigenvalue weighted by Crippen LogP contribution is 2.17. The van der Waals surface area contributed by atoms with Crippen molar-refractivity contribution in [2.75, 3.05) is 13.7 Å². The molecule has 0 spiro atoms. The van der Waals surface area contributed by atoms with Crippen molar-refractivity contribution in [2.24, 2.45) is 0 Å². The number of hydrogen-bond donors (Lipinski definition) is 1. The molecule has 0 aliphatic carbocycles. The van der Waals surface area contributed by atoms with E-state index in [9.17, 15) is 8.42 Å². The third kappa shape index (κ3) is 4.97. The lowest BCUT2D eigenvalue weighted by Gasteiger charge is -2.15. The van der Waals surface area contributed by atoms with Gasteiger partial charge in [0.1, 0.15) is 18.1 Å². The number of rotatable bonds is 7. The Hall–Kier alpha value is -2.05. The van der Waals surface area contributed by atoms with Crippen LogP contribution in [-0.2, 0) is 10.0 Å². The molecule has 2 rings (SSSR count). The Morgan fingerprint density at radius 1 is 1.00 bits per heavy atom. The van der Waals surface area contributed by atoms with Gasteiger partial charge >= 0.3 is 0 Å². The molecule has 0 aromatic heterocycles. The second-order valence-corrected chi connectivity index (χ2v) is 7.04. The molecule has 0 aliphatic rings. The van der Waals surface area contributed by atoms with E-state index in [0.717, 1.165) is 11.3 Å². The van der Waals surface area contributed by atoms with Crippen LogP contribution in [0.1, 0.15) is 12.5 Å². The van der Waals surface area contributed by atoms with Crippen molar-refractivity contribution in [1.82, 2.24) is 4.72 Å². The Bertz CT molecular complexity index is 724. The zero-order chi connectivity index (χ0) is 16.9. The van der Waals surface area contributed by atoms with Crippen molar-refractivity contribution in [3.8, 4) is 11.5 Å². The zero-order valence-corrected chi connectivity index (χ0v) is 14.3. The second-order valence-electron chi connectivity index (χ2n) is 5.32. The molecule has 23 heavy (non-hydrogen) atoms. The number of methoxy groups -OCH3 is 1. The van der Waals surface area contributed by atoms with Gasteiger partial charge < -0.3 is 9.47 Å². The van der Waals surface area contributed by atoms with Gasteiger partial charge in [-0.1, -0.05) is 17.7 Å². The largest absolute Gasteiger partial charge is 0.497 e. The highest BCUT2D eigenvalue weighted by molar-refractivity contribution is 7.89. The first-order chi connectivity index (χ1) is 10.9. The van der Waals surface area contributed by atoms with Crippen molar-refractivity contribution in [1.29, 1.82) is 0 Å². The number of sulfonamides is 1. The lowest BCUT2D eigenvalue weighted by atomic mass is 10.2.